The molecule has 28 heavy (non-hydrogen) atoms. The van der Waals surface area contributed by atoms with E-state index in [0.717, 1.165) is 35.1 Å². The van der Waals surface area contributed by atoms with Crippen molar-refractivity contribution in [3.8, 4) is 0 Å². The van der Waals surface area contributed by atoms with Crippen molar-refractivity contribution in [3.63, 3.8) is 0 Å². The van der Waals surface area contributed by atoms with Crippen molar-refractivity contribution >= 4 is 44.7 Å². The molecule has 0 atom stereocenters. The Balaban J connectivity index is 1.54. The van der Waals surface area contributed by atoms with Crippen LogP contribution in [0.1, 0.15) is 5.56 Å². The molecule has 0 aliphatic carbocycles. The highest BCUT2D eigenvalue weighted by Crippen LogP contribution is 2.28. The van der Waals surface area contributed by atoms with Gasteiger partial charge in [-0.3, -0.25) is 4.79 Å². The van der Waals surface area contributed by atoms with Crippen molar-refractivity contribution in [2.24, 2.45) is 0 Å². The van der Waals surface area contributed by atoms with E-state index >= 15 is 0 Å². The van der Waals surface area contributed by atoms with Gasteiger partial charge in [0.2, 0.25) is 15.7 Å². The van der Waals surface area contributed by atoms with E-state index in [1.807, 2.05) is 30.3 Å². The Morgan fingerprint density at radius 1 is 1.18 bits per heavy atom. The number of carbonyl (C=O) groups excluding carboxylic acids is 1. The molecule has 146 valence electrons. The van der Waals surface area contributed by atoms with Crippen molar-refractivity contribution in [2.75, 3.05) is 18.0 Å². The lowest BCUT2D eigenvalue weighted by atomic mass is 10.1. The van der Waals surface area contributed by atoms with Gasteiger partial charge in [0, 0.05) is 6.54 Å². The molecule has 3 aromatic rings. The summed E-state index contributed by atoms with van der Waals surface area (Å²) in [6.07, 6.45) is 1.93. The van der Waals surface area contributed by atoms with Gasteiger partial charge in [0.1, 0.15) is 14.9 Å². The zero-order valence-corrected chi connectivity index (χ0v) is 17.2. The van der Waals surface area contributed by atoms with E-state index in [2.05, 4.69) is 15.3 Å². The second-order valence-electron chi connectivity index (χ2n) is 5.71. The highest BCUT2D eigenvalue weighted by Gasteiger charge is 2.23. The smallest absolute Gasteiger partial charge is 0.230 e. The predicted octanol–water partition coefficient (Wildman–Crippen LogP) is 2.40. The third-order valence-electron chi connectivity index (χ3n) is 3.72. The molecule has 0 bridgehead atoms. The van der Waals surface area contributed by atoms with Crippen LogP contribution in [0.5, 0.6) is 0 Å². The van der Waals surface area contributed by atoms with E-state index in [4.69, 9.17) is 5.73 Å². The number of hydrogen-bond donors (Lipinski definition) is 2. The van der Waals surface area contributed by atoms with E-state index in [1.54, 1.807) is 11.4 Å². The van der Waals surface area contributed by atoms with E-state index in [-0.39, 0.29) is 31.7 Å². The third kappa shape index (κ3) is 5.09. The SMILES string of the molecule is Nc1nc(SCC(=O)NCCc2ccccc2)ncc1S(=O)(=O)c1cccs1. The largest absolute Gasteiger partial charge is 0.382 e. The fraction of sp³-hybridized carbons (Fsp3) is 0.167. The zero-order chi connectivity index (χ0) is 20.0. The molecule has 3 N–H and O–H groups in total. The van der Waals surface area contributed by atoms with Crippen LogP contribution in [0.4, 0.5) is 5.82 Å². The number of thioether (sulfide) groups is 1. The normalized spacial score (nSPS) is 11.3. The van der Waals surface area contributed by atoms with Crippen LogP contribution in [-0.2, 0) is 21.1 Å². The predicted molar refractivity (Wildman–Crippen MR) is 110 cm³/mol. The molecule has 0 spiro atoms. The number of anilines is 1. The molecule has 2 heterocycles. The number of nitrogens with zero attached hydrogens (tertiary/aromatic N) is 2. The maximum Gasteiger partial charge on any atom is 0.230 e. The summed E-state index contributed by atoms with van der Waals surface area (Å²) in [6, 6.07) is 13.0. The van der Waals surface area contributed by atoms with E-state index in [1.165, 1.54) is 12.3 Å². The second-order valence-corrected chi connectivity index (χ2v) is 9.75. The first kappa shape index (κ1) is 20.3. The number of thiophene rings is 1. The Bertz CT molecular complexity index is 1040. The molecule has 7 nitrogen and oxygen atoms in total. The molecule has 2 aromatic heterocycles. The number of benzene rings is 1. The first-order chi connectivity index (χ1) is 13.5. The molecule has 3 rings (SSSR count). The summed E-state index contributed by atoms with van der Waals surface area (Å²) in [5.74, 6) is -0.167. The Labute approximate surface area is 171 Å². The van der Waals surface area contributed by atoms with Crippen molar-refractivity contribution in [1.29, 1.82) is 0 Å². The molecule has 0 aliphatic rings. The number of nitrogens with one attached hydrogen (secondary N) is 1. The lowest BCUT2D eigenvalue weighted by Crippen LogP contribution is -2.27. The highest BCUT2D eigenvalue weighted by molar-refractivity contribution is 7.99. The van der Waals surface area contributed by atoms with Gasteiger partial charge in [-0.15, -0.1) is 11.3 Å². The van der Waals surface area contributed by atoms with Crippen LogP contribution in [0.3, 0.4) is 0 Å². The highest BCUT2D eigenvalue weighted by atomic mass is 32.2. The molecular weight excluding hydrogens is 416 g/mol. The van der Waals surface area contributed by atoms with Gasteiger partial charge >= 0.3 is 0 Å². The van der Waals surface area contributed by atoms with Gasteiger partial charge in [0.05, 0.1) is 11.9 Å². The van der Waals surface area contributed by atoms with Crippen LogP contribution in [0.2, 0.25) is 0 Å². The Morgan fingerprint density at radius 3 is 2.64 bits per heavy atom. The summed E-state index contributed by atoms with van der Waals surface area (Å²) in [7, 11) is -3.73. The minimum absolute atomic E-state index is 0.116. The standard InChI is InChI=1S/C18H18N4O3S3/c19-17-14(28(24,25)16-7-4-10-26-16)11-21-18(22-17)27-12-15(23)20-9-8-13-5-2-1-3-6-13/h1-7,10-11H,8-9,12H2,(H,20,23)(H2,19,21,22). The van der Waals surface area contributed by atoms with E-state index in [9.17, 15) is 13.2 Å². The maximum atomic E-state index is 12.5. The Morgan fingerprint density at radius 2 is 1.96 bits per heavy atom. The van der Waals surface area contributed by atoms with Crippen LogP contribution < -0.4 is 11.1 Å². The van der Waals surface area contributed by atoms with Gasteiger partial charge in [-0.25, -0.2) is 18.4 Å². The fourth-order valence-corrected chi connectivity index (χ4v) is 5.37. The van der Waals surface area contributed by atoms with Gasteiger partial charge in [-0.2, -0.15) is 0 Å². The summed E-state index contributed by atoms with van der Waals surface area (Å²) in [5.41, 5.74) is 6.97. The van der Waals surface area contributed by atoms with Gasteiger partial charge in [-0.05, 0) is 23.4 Å². The van der Waals surface area contributed by atoms with E-state index in [0.29, 0.717) is 6.54 Å². The lowest BCUT2D eigenvalue weighted by molar-refractivity contribution is -0.118. The molecule has 0 aliphatic heterocycles. The summed E-state index contributed by atoms with van der Waals surface area (Å²) in [4.78, 5) is 19.9. The van der Waals surface area contributed by atoms with Crippen LogP contribution in [0, 0.1) is 0 Å². The minimum atomic E-state index is -3.73. The average Bonchev–Trinajstić information content (AvgIpc) is 3.23. The quantitative estimate of drug-likeness (QED) is 0.413. The van der Waals surface area contributed by atoms with Crippen molar-refractivity contribution in [1.82, 2.24) is 15.3 Å². The Hall–Kier alpha value is -2.43. The molecule has 0 radical (unpaired) electrons. The van der Waals surface area contributed by atoms with Crippen LogP contribution in [0.15, 0.2) is 68.3 Å². The number of carbonyl (C=O) groups is 1. The number of rotatable bonds is 8. The molecule has 10 heteroatoms. The number of amides is 1. The summed E-state index contributed by atoms with van der Waals surface area (Å²) in [6.45, 7) is 0.532. The lowest BCUT2D eigenvalue weighted by Gasteiger charge is -2.07. The fourth-order valence-electron chi connectivity index (χ4n) is 2.34. The topological polar surface area (TPSA) is 115 Å². The van der Waals surface area contributed by atoms with Gasteiger partial charge in [-0.1, -0.05) is 48.2 Å². The summed E-state index contributed by atoms with van der Waals surface area (Å²) in [5, 5.41) is 4.75. The second kappa shape index (κ2) is 9.18. The molecular formula is C18H18N4O3S3. The van der Waals surface area contributed by atoms with Gasteiger partial charge in [0.25, 0.3) is 0 Å². The molecule has 1 amide bonds. The number of nitrogen functional groups attached to an aromatic ring is 1. The molecule has 0 saturated carbocycles. The molecule has 0 saturated heterocycles. The summed E-state index contributed by atoms with van der Waals surface area (Å²) < 4.78 is 25.2. The monoisotopic (exact) mass is 434 g/mol. The number of nitrogens with two attached hydrogens (primary N) is 1. The summed E-state index contributed by atoms with van der Waals surface area (Å²) >= 11 is 2.20. The van der Waals surface area contributed by atoms with Crippen molar-refractivity contribution in [2.45, 2.75) is 20.7 Å². The van der Waals surface area contributed by atoms with Crippen LogP contribution >= 0.6 is 23.1 Å². The van der Waals surface area contributed by atoms with Gasteiger partial charge in [0.15, 0.2) is 5.16 Å². The molecule has 1 aromatic carbocycles. The van der Waals surface area contributed by atoms with Crippen LogP contribution in [0.25, 0.3) is 0 Å². The van der Waals surface area contributed by atoms with Gasteiger partial charge < -0.3 is 11.1 Å². The molecule has 0 unspecified atom stereocenters. The minimum Gasteiger partial charge on any atom is -0.382 e. The number of sulfone groups is 1. The van der Waals surface area contributed by atoms with Crippen molar-refractivity contribution < 1.29 is 13.2 Å². The average molecular weight is 435 g/mol. The number of hydrogen-bond acceptors (Lipinski definition) is 8. The third-order valence-corrected chi connectivity index (χ3v) is 7.75. The number of aromatic nitrogens is 2. The zero-order valence-electron chi connectivity index (χ0n) is 14.7. The Kier molecular flexibility index (Phi) is 6.65. The maximum absolute atomic E-state index is 12.5. The van der Waals surface area contributed by atoms with Crippen molar-refractivity contribution in [3.05, 3.63) is 59.6 Å². The van der Waals surface area contributed by atoms with Crippen LogP contribution in [-0.4, -0.2) is 36.6 Å². The molecule has 0 fully saturated rings. The first-order valence-corrected chi connectivity index (χ1v) is 11.7. The van der Waals surface area contributed by atoms with E-state index < -0.39 is 9.84 Å². The first-order valence-electron chi connectivity index (χ1n) is 8.31.